The molecule has 0 radical (unpaired) electrons. The topological polar surface area (TPSA) is 79.0 Å². The van der Waals surface area contributed by atoms with Gasteiger partial charge in [-0.15, -0.1) is 0 Å². The van der Waals surface area contributed by atoms with Crippen LogP contribution in [0.5, 0.6) is 0 Å². The number of methoxy groups -OCH3 is 1. The fourth-order valence-electron chi connectivity index (χ4n) is 2.93. The molecular formula is C15H14ClF3N4O3. The second-order valence-corrected chi connectivity index (χ2v) is 6.22. The fourth-order valence-corrected chi connectivity index (χ4v) is 3.14. The summed E-state index contributed by atoms with van der Waals surface area (Å²) in [5.74, 6) is -0.168. The van der Waals surface area contributed by atoms with Crippen LogP contribution in [0.25, 0.3) is 0 Å². The predicted molar refractivity (Wildman–Crippen MR) is 83.8 cm³/mol. The van der Waals surface area contributed by atoms with E-state index in [1.807, 2.05) is 0 Å². The van der Waals surface area contributed by atoms with E-state index in [1.165, 1.54) is 11.7 Å². The van der Waals surface area contributed by atoms with Crippen LogP contribution >= 0.6 is 11.6 Å². The number of carbonyl (C=O) groups is 1. The monoisotopic (exact) mass is 390 g/mol. The Morgan fingerprint density at radius 3 is 2.85 bits per heavy atom. The van der Waals surface area contributed by atoms with Crippen LogP contribution in [-0.4, -0.2) is 32.4 Å². The molecule has 140 valence electrons. The summed E-state index contributed by atoms with van der Waals surface area (Å²) in [6.45, 7) is -0.271. The number of aryl methyl sites for hydroxylation is 1. The molecule has 1 atom stereocenters. The van der Waals surface area contributed by atoms with E-state index in [-0.39, 0.29) is 12.2 Å². The van der Waals surface area contributed by atoms with Crippen molar-refractivity contribution in [3.05, 3.63) is 44.9 Å². The third-order valence-electron chi connectivity index (χ3n) is 4.13. The minimum Gasteiger partial charge on any atom is -0.467 e. The maximum atomic E-state index is 13.0. The van der Waals surface area contributed by atoms with E-state index in [0.717, 1.165) is 16.9 Å². The quantitative estimate of drug-likeness (QED) is 0.751. The maximum absolute atomic E-state index is 13.0. The van der Waals surface area contributed by atoms with Crippen molar-refractivity contribution < 1.29 is 22.7 Å². The van der Waals surface area contributed by atoms with Crippen LogP contribution in [0, 0.1) is 0 Å². The third-order valence-corrected chi connectivity index (χ3v) is 4.43. The number of rotatable bonds is 3. The highest BCUT2D eigenvalue weighted by Crippen LogP contribution is 2.34. The Kier molecular flexibility index (Phi) is 4.78. The Labute approximate surface area is 150 Å². The van der Waals surface area contributed by atoms with Crippen LogP contribution in [0.15, 0.2) is 17.1 Å². The summed E-state index contributed by atoms with van der Waals surface area (Å²) >= 11 is 5.55. The van der Waals surface area contributed by atoms with Gasteiger partial charge in [-0.2, -0.15) is 18.3 Å². The Balaban J connectivity index is 1.97. The molecule has 0 spiro atoms. The highest BCUT2D eigenvalue weighted by Gasteiger charge is 2.34. The lowest BCUT2D eigenvalue weighted by Gasteiger charge is -2.20. The van der Waals surface area contributed by atoms with E-state index in [4.69, 9.17) is 16.3 Å². The molecule has 1 aliphatic heterocycles. The van der Waals surface area contributed by atoms with Crippen LogP contribution in [-0.2, 0) is 28.7 Å². The van der Waals surface area contributed by atoms with Crippen molar-refractivity contribution in [1.29, 1.82) is 0 Å². The minimum absolute atomic E-state index is 0.0195. The van der Waals surface area contributed by atoms with E-state index in [9.17, 15) is 22.8 Å². The van der Waals surface area contributed by atoms with E-state index >= 15 is 0 Å². The number of ether oxygens (including phenoxy) is 1. The van der Waals surface area contributed by atoms with E-state index < -0.39 is 34.5 Å². The lowest BCUT2D eigenvalue weighted by molar-refractivity contribution is -0.145. The molecule has 2 aromatic rings. The number of carbonyl (C=O) groups excluding carboxylic acids is 1. The molecule has 7 nitrogen and oxygen atoms in total. The highest BCUT2D eigenvalue weighted by molar-refractivity contribution is 6.31. The summed E-state index contributed by atoms with van der Waals surface area (Å²) in [6.07, 6.45) is -2.19. The van der Waals surface area contributed by atoms with Gasteiger partial charge in [-0.1, -0.05) is 11.6 Å². The van der Waals surface area contributed by atoms with Crippen LogP contribution < -0.4 is 5.69 Å². The van der Waals surface area contributed by atoms with Gasteiger partial charge in [0.1, 0.15) is 11.9 Å². The molecule has 0 saturated heterocycles. The number of hydrogen-bond acceptors (Lipinski definition) is 5. The smallest absolute Gasteiger partial charge is 0.417 e. The number of pyridine rings is 1. The lowest BCUT2D eigenvalue weighted by atomic mass is 10.1. The fraction of sp³-hybridized carbons (Fsp3) is 0.467. The average Bonchev–Trinajstić information content (AvgIpc) is 2.91. The first-order valence-electron chi connectivity index (χ1n) is 7.70. The van der Waals surface area contributed by atoms with Gasteiger partial charge in [-0.05, 0) is 18.9 Å². The molecule has 1 aliphatic rings. The summed E-state index contributed by atoms with van der Waals surface area (Å²) in [6, 6.07) is -0.000777. The number of aromatic nitrogens is 4. The van der Waals surface area contributed by atoms with Gasteiger partial charge in [0.05, 0.1) is 29.9 Å². The molecule has 0 aliphatic carbocycles. The summed E-state index contributed by atoms with van der Waals surface area (Å²) in [4.78, 5) is 28.3. The van der Waals surface area contributed by atoms with Crippen LogP contribution in [0.3, 0.4) is 0 Å². The van der Waals surface area contributed by atoms with Crippen molar-refractivity contribution in [2.24, 2.45) is 0 Å². The third kappa shape index (κ3) is 3.33. The first-order valence-corrected chi connectivity index (χ1v) is 8.08. The molecular weight excluding hydrogens is 377 g/mol. The van der Waals surface area contributed by atoms with Gasteiger partial charge in [0.25, 0.3) is 0 Å². The Morgan fingerprint density at radius 1 is 1.46 bits per heavy atom. The molecule has 0 aromatic carbocycles. The summed E-state index contributed by atoms with van der Waals surface area (Å²) in [5, 5.41) is 3.61. The zero-order valence-corrected chi connectivity index (χ0v) is 14.3. The van der Waals surface area contributed by atoms with Gasteiger partial charge < -0.3 is 4.74 Å². The van der Waals surface area contributed by atoms with Crippen molar-refractivity contribution in [3.63, 3.8) is 0 Å². The second-order valence-electron chi connectivity index (χ2n) is 5.81. The van der Waals surface area contributed by atoms with Gasteiger partial charge in [-0.3, -0.25) is 9.55 Å². The molecule has 3 rings (SSSR count). The number of esters is 1. The molecule has 0 bridgehead atoms. The molecule has 26 heavy (non-hydrogen) atoms. The van der Waals surface area contributed by atoms with Crippen LogP contribution in [0.2, 0.25) is 5.02 Å². The summed E-state index contributed by atoms with van der Waals surface area (Å²) in [7, 11) is 1.22. The highest BCUT2D eigenvalue weighted by atomic mass is 35.5. The van der Waals surface area contributed by atoms with Crippen molar-refractivity contribution >= 4 is 17.6 Å². The van der Waals surface area contributed by atoms with Gasteiger partial charge in [0.15, 0.2) is 0 Å². The minimum atomic E-state index is -4.64. The maximum Gasteiger partial charge on any atom is 0.417 e. The molecule has 0 fully saturated rings. The van der Waals surface area contributed by atoms with Gasteiger partial charge in [0.2, 0.25) is 0 Å². The zero-order chi connectivity index (χ0) is 19.1. The molecule has 0 saturated carbocycles. The van der Waals surface area contributed by atoms with Crippen LogP contribution in [0.4, 0.5) is 13.2 Å². The van der Waals surface area contributed by atoms with Gasteiger partial charge >= 0.3 is 17.8 Å². The van der Waals surface area contributed by atoms with Crippen LogP contribution in [0.1, 0.15) is 36.0 Å². The number of nitrogens with zero attached hydrogens (tertiary/aromatic N) is 4. The molecule has 3 heterocycles. The lowest BCUT2D eigenvalue weighted by Crippen LogP contribution is -2.35. The standard InChI is InChI=1S/C15H14ClF3N4O3/c1-26-13(24)11-3-2-4-12-21-22(14(25)23(11)12)7-8-5-9(15(17,18)19)10(16)6-20-8/h5-6,11H,2-4,7H2,1H3. The SMILES string of the molecule is COC(=O)C1CCCc2nn(Cc3cc(C(F)(F)F)c(Cl)cn3)c(=O)n21. The predicted octanol–water partition coefficient (Wildman–Crippen LogP) is 2.21. The second kappa shape index (κ2) is 6.75. The Hall–Kier alpha value is -2.36. The van der Waals surface area contributed by atoms with Crippen molar-refractivity contribution in [1.82, 2.24) is 19.3 Å². The molecule has 1 unspecified atom stereocenters. The van der Waals surface area contributed by atoms with Crippen molar-refractivity contribution in [3.8, 4) is 0 Å². The molecule has 0 amide bonds. The number of hydrogen-bond donors (Lipinski definition) is 0. The van der Waals surface area contributed by atoms with Crippen molar-refractivity contribution in [2.45, 2.75) is 38.0 Å². The average molecular weight is 391 g/mol. The van der Waals surface area contributed by atoms with E-state index in [0.29, 0.717) is 25.1 Å². The van der Waals surface area contributed by atoms with E-state index in [1.54, 1.807) is 0 Å². The van der Waals surface area contributed by atoms with Crippen molar-refractivity contribution in [2.75, 3.05) is 7.11 Å². The summed E-state index contributed by atoms with van der Waals surface area (Å²) in [5.41, 5.74) is -1.65. The largest absolute Gasteiger partial charge is 0.467 e. The normalized spacial score (nSPS) is 17.0. The molecule has 0 N–H and O–H groups in total. The Bertz CT molecular complexity index is 907. The van der Waals surface area contributed by atoms with E-state index in [2.05, 4.69) is 10.1 Å². The Morgan fingerprint density at radius 2 is 2.19 bits per heavy atom. The molecule has 11 heteroatoms. The summed E-state index contributed by atoms with van der Waals surface area (Å²) < 4.78 is 45.8. The first-order chi connectivity index (χ1) is 12.2. The number of halogens is 4. The number of alkyl halides is 3. The first kappa shape index (κ1) is 18.4. The number of fused-ring (bicyclic) bond motifs is 1. The molecule has 2 aromatic heterocycles. The zero-order valence-electron chi connectivity index (χ0n) is 13.6. The van der Waals surface area contributed by atoms with Gasteiger partial charge in [-0.25, -0.2) is 14.3 Å². The van der Waals surface area contributed by atoms with Gasteiger partial charge in [0, 0.05) is 12.6 Å².